The molecule has 0 amide bonds. The molecular weight excluding hydrogens is 264 g/mol. The van der Waals surface area contributed by atoms with Crippen LogP contribution >= 0.6 is 11.3 Å². The average Bonchev–Trinajstić information content (AvgIpc) is 3.17. The van der Waals surface area contributed by atoms with Gasteiger partial charge in [-0.15, -0.1) is 11.3 Å². The van der Waals surface area contributed by atoms with Crippen molar-refractivity contribution in [2.45, 2.75) is 77.7 Å². The summed E-state index contributed by atoms with van der Waals surface area (Å²) in [6, 6.07) is 0. The molecule has 3 rings (SSSR count). The lowest BCUT2D eigenvalue weighted by Crippen LogP contribution is -2.25. The second kappa shape index (κ2) is 5.42. The van der Waals surface area contributed by atoms with Gasteiger partial charge in [-0.3, -0.25) is 0 Å². The lowest BCUT2D eigenvalue weighted by molar-refractivity contribution is 0.169. The molecule has 0 bridgehead atoms. The molecule has 0 spiro atoms. The number of nitrogens with zero attached hydrogens (tertiary/aromatic N) is 1. The van der Waals surface area contributed by atoms with E-state index in [2.05, 4.69) is 20.8 Å². The van der Waals surface area contributed by atoms with Crippen LogP contribution in [0.4, 0.5) is 0 Å². The van der Waals surface area contributed by atoms with Gasteiger partial charge in [0, 0.05) is 23.3 Å². The normalized spacial score (nSPS) is 27.8. The van der Waals surface area contributed by atoms with Crippen molar-refractivity contribution < 1.29 is 0 Å². The summed E-state index contributed by atoms with van der Waals surface area (Å²) in [7, 11) is 0. The van der Waals surface area contributed by atoms with Crippen LogP contribution in [0.1, 0.15) is 86.7 Å². The van der Waals surface area contributed by atoms with E-state index in [9.17, 15) is 0 Å². The Morgan fingerprint density at radius 3 is 2.15 bits per heavy atom. The van der Waals surface area contributed by atoms with Crippen molar-refractivity contribution in [2.75, 3.05) is 0 Å². The molecule has 1 heterocycles. The lowest BCUT2D eigenvalue weighted by Gasteiger charge is -2.36. The molecule has 2 nitrogen and oxygen atoms in total. The van der Waals surface area contributed by atoms with Crippen molar-refractivity contribution in [3.63, 3.8) is 0 Å². The fourth-order valence-corrected chi connectivity index (χ4v) is 4.78. The Labute approximate surface area is 127 Å². The molecule has 0 saturated heterocycles. The van der Waals surface area contributed by atoms with Crippen LogP contribution < -0.4 is 5.73 Å². The van der Waals surface area contributed by atoms with Crippen LogP contribution in [0.5, 0.6) is 0 Å². The molecule has 1 aromatic heterocycles. The van der Waals surface area contributed by atoms with Crippen LogP contribution in [0, 0.1) is 11.3 Å². The molecule has 2 aliphatic carbocycles. The number of hydrogen-bond donors (Lipinski definition) is 1. The third kappa shape index (κ3) is 2.94. The second-order valence-corrected chi connectivity index (χ2v) is 8.87. The minimum Gasteiger partial charge on any atom is -0.326 e. The van der Waals surface area contributed by atoms with Crippen molar-refractivity contribution in [2.24, 2.45) is 17.1 Å². The highest BCUT2D eigenvalue weighted by atomic mass is 32.1. The van der Waals surface area contributed by atoms with Crippen molar-refractivity contribution in [3.8, 4) is 0 Å². The lowest BCUT2D eigenvalue weighted by atomic mass is 9.70. The predicted molar refractivity (Wildman–Crippen MR) is 86.1 cm³/mol. The van der Waals surface area contributed by atoms with Crippen LogP contribution in [-0.2, 0) is 6.54 Å². The molecule has 0 aliphatic heterocycles. The van der Waals surface area contributed by atoms with Crippen molar-refractivity contribution >= 4 is 11.3 Å². The molecule has 0 unspecified atom stereocenters. The quantitative estimate of drug-likeness (QED) is 0.869. The number of aromatic nitrogens is 1. The highest BCUT2D eigenvalue weighted by Gasteiger charge is 2.34. The molecule has 0 radical (unpaired) electrons. The van der Waals surface area contributed by atoms with Gasteiger partial charge in [0.2, 0.25) is 0 Å². The molecule has 2 N–H and O–H groups in total. The summed E-state index contributed by atoms with van der Waals surface area (Å²) in [5.41, 5.74) is 7.73. The van der Waals surface area contributed by atoms with Crippen LogP contribution in [0.2, 0.25) is 0 Å². The van der Waals surface area contributed by atoms with E-state index in [1.165, 1.54) is 54.1 Å². The van der Waals surface area contributed by atoms with E-state index in [0.717, 1.165) is 11.8 Å². The van der Waals surface area contributed by atoms with Crippen LogP contribution in [-0.4, -0.2) is 4.98 Å². The standard InChI is InChI=1S/C17H28N2S/c1-17(2,3)13-8-6-12(7-9-13)16-19-15(11-4-5-11)14(10-18)20-16/h11-13H,4-10,18H2,1-3H3. The Morgan fingerprint density at radius 1 is 1.05 bits per heavy atom. The first kappa shape index (κ1) is 14.5. The summed E-state index contributed by atoms with van der Waals surface area (Å²) in [4.78, 5) is 6.35. The fraction of sp³-hybridized carbons (Fsp3) is 0.824. The molecule has 2 saturated carbocycles. The molecule has 0 aromatic carbocycles. The van der Waals surface area contributed by atoms with E-state index in [-0.39, 0.29) is 0 Å². The van der Waals surface area contributed by atoms with Gasteiger partial charge >= 0.3 is 0 Å². The third-order valence-electron chi connectivity index (χ3n) is 5.19. The maximum atomic E-state index is 5.91. The number of thiazole rings is 1. The second-order valence-electron chi connectivity index (χ2n) is 7.75. The summed E-state index contributed by atoms with van der Waals surface area (Å²) in [6.07, 6.45) is 8.03. The summed E-state index contributed by atoms with van der Waals surface area (Å²) < 4.78 is 0. The smallest absolute Gasteiger partial charge is 0.0962 e. The maximum Gasteiger partial charge on any atom is 0.0962 e. The van der Waals surface area contributed by atoms with E-state index in [4.69, 9.17) is 10.7 Å². The predicted octanol–water partition coefficient (Wildman–Crippen LogP) is 4.80. The zero-order valence-corrected chi connectivity index (χ0v) is 13.9. The van der Waals surface area contributed by atoms with Gasteiger partial charge in [-0.05, 0) is 49.9 Å². The fourth-order valence-electron chi connectivity index (χ4n) is 3.59. The van der Waals surface area contributed by atoms with E-state index < -0.39 is 0 Å². The first-order valence-electron chi connectivity index (χ1n) is 8.18. The molecule has 2 aliphatic rings. The minimum absolute atomic E-state index is 0.468. The van der Waals surface area contributed by atoms with Gasteiger partial charge in [0.1, 0.15) is 0 Å². The Morgan fingerprint density at radius 2 is 1.65 bits per heavy atom. The van der Waals surface area contributed by atoms with E-state index in [1.54, 1.807) is 0 Å². The Kier molecular flexibility index (Phi) is 3.93. The van der Waals surface area contributed by atoms with Crippen LogP contribution in [0.3, 0.4) is 0 Å². The minimum atomic E-state index is 0.468. The molecule has 3 heteroatoms. The Balaban J connectivity index is 1.69. The van der Waals surface area contributed by atoms with E-state index >= 15 is 0 Å². The van der Waals surface area contributed by atoms with Crippen LogP contribution in [0.25, 0.3) is 0 Å². The number of rotatable bonds is 3. The summed E-state index contributed by atoms with van der Waals surface area (Å²) in [5.74, 6) is 2.33. The summed E-state index contributed by atoms with van der Waals surface area (Å²) in [6.45, 7) is 7.85. The highest BCUT2D eigenvalue weighted by molar-refractivity contribution is 7.11. The van der Waals surface area contributed by atoms with E-state index in [0.29, 0.717) is 17.9 Å². The molecule has 2 fully saturated rings. The van der Waals surface area contributed by atoms with Gasteiger partial charge < -0.3 is 5.73 Å². The molecular formula is C17H28N2S. The highest BCUT2D eigenvalue weighted by Crippen LogP contribution is 2.47. The third-order valence-corrected chi connectivity index (χ3v) is 6.45. The largest absolute Gasteiger partial charge is 0.326 e. The van der Waals surface area contributed by atoms with Gasteiger partial charge in [-0.25, -0.2) is 4.98 Å². The van der Waals surface area contributed by atoms with Crippen LogP contribution in [0.15, 0.2) is 0 Å². The Bertz CT molecular complexity index is 460. The zero-order valence-electron chi connectivity index (χ0n) is 13.1. The molecule has 112 valence electrons. The zero-order chi connectivity index (χ0) is 14.3. The topological polar surface area (TPSA) is 38.9 Å². The SMILES string of the molecule is CC(C)(C)C1CCC(c2nc(C3CC3)c(CN)s2)CC1. The van der Waals surface area contributed by atoms with Crippen molar-refractivity contribution in [3.05, 3.63) is 15.6 Å². The first-order chi connectivity index (χ1) is 9.49. The van der Waals surface area contributed by atoms with Crippen molar-refractivity contribution in [1.29, 1.82) is 0 Å². The molecule has 20 heavy (non-hydrogen) atoms. The maximum absolute atomic E-state index is 5.91. The number of hydrogen-bond acceptors (Lipinski definition) is 3. The summed E-state index contributed by atoms with van der Waals surface area (Å²) in [5, 5.41) is 1.39. The van der Waals surface area contributed by atoms with Crippen molar-refractivity contribution in [1.82, 2.24) is 4.98 Å². The van der Waals surface area contributed by atoms with E-state index in [1.807, 2.05) is 11.3 Å². The summed E-state index contributed by atoms with van der Waals surface area (Å²) >= 11 is 1.91. The molecule has 0 atom stereocenters. The van der Waals surface area contributed by atoms with Gasteiger partial charge in [0.25, 0.3) is 0 Å². The monoisotopic (exact) mass is 292 g/mol. The van der Waals surface area contributed by atoms with Gasteiger partial charge in [-0.1, -0.05) is 20.8 Å². The molecule has 1 aromatic rings. The number of nitrogens with two attached hydrogens (primary N) is 1. The Hall–Kier alpha value is -0.410. The van der Waals surface area contributed by atoms with Gasteiger partial charge in [0.15, 0.2) is 0 Å². The first-order valence-corrected chi connectivity index (χ1v) is 9.00. The van der Waals surface area contributed by atoms with Gasteiger partial charge in [-0.2, -0.15) is 0 Å². The average molecular weight is 292 g/mol. The van der Waals surface area contributed by atoms with Gasteiger partial charge in [0.05, 0.1) is 10.7 Å².